The fourth-order valence-electron chi connectivity index (χ4n) is 2.10. The molecule has 0 bridgehead atoms. The second-order valence-corrected chi connectivity index (χ2v) is 5.51. The maximum Gasteiger partial charge on any atom is 0.296 e. The Bertz CT molecular complexity index is 673. The van der Waals surface area contributed by atoms with Gasteiger partial charge in [0.1, 0.15) is 5.52 Å². The maximum atomic E-state index is 5.68. The molecule has 1 heterocycles. The lowest BCUT2D eigenvalue weighted by molar-refractivity contribution is 0.604. The van der Waals surface area contributed by atoms with Crippen molar-refractivity contribution in [3.05, 3.63) is 54.1 Å². The number of nitrogens with one attached hydrogen (secondary N) is 1. The highest BCUT2D eigenvalue weighted by atomic mass is 32.2. The molecule has 0 amide bonds. The molecule has 3 aromatic rings. The number of hydrogen-bond donors (Lipinski definition) is 1. The summed E-state index contributed by atoms with van der Waals surface area (Å²) in [7, 11) is 0. The molecule has 3 nitrogen and oxygen atoms in total. The van der Waals surface area contributed by atoms with Gasteiger partial charge >= 0.3 is 0 Å². The van der Waals surface area contributed by atoms with Gasteiger partial charge in [-0.05, 0) is 43.0 Å². The predicted octanol–water partition coefficient (Wildman–Crippen LogP) is 4.72. The minimum atomic E-state index is 0.152. The number of rotatable bonds is 4. The number of aromatic nitrogens is 1. The van der Waals surface area contributed by atoms with Gasteiger partial charge in [-0.2, -0.15) is 4.98 Å². The summed E-state index contributed by atoms with van der Waals surface area (Å²) in [5, 5.41) is 3.30. The van der Waals surface area contributed by atoms with Crippen LogP contribution >= 0.6 is 11.8 Å². The van der Waals surface area contributed by atoms with Crippen LogP contribution in [0.5, 0.6) is 0 Å². The van der Waals surface area contributed by atoms with Crippen LogP contribution in [-0.4, -0.2) is 11.2 Å². The zero-order chi connectivity index (χ0) is 13.9. The summed E-state index contributed by atoms with van der Waals surface area (Å²) in [6.07, 6.45) is 2.08. The molecule has 1 aromatic heterocycles. The van der Waals surface area contributed by atoms with Crippen LogP contribution in [0.2, 0.25) is 0 Å². The van der Waals surface area contributed by atoms with E-state index in [0.29, 0.717) is 6.01 Å². The minimum absolute atomic E-state index is 0.152. The highest BCUT2D eigenvalue weighted by Crippen LogP contribution is 2.24. The highest BCUT2D eigenvalue weighted by Gasteiger charge is 2.10. The average Bonchev–Trinajstić information content (AvgIpc) is 2.89. The number of nitrogens with zero attached hydrogens (tertiary/aromatic N) is 1. The monoisotopic (exact) mass is 284 g/mol. The Hall–Kier alpha value is -1.94. The van der Waals surface area contributed by atoms with Gasteiger partial charge < -0.3 is 9.73 Å². The van der Waals surface area contributed by atoms with Crippen LogP contribution in [0.3, 0.4) is 0 Å². The summed E-state index contributed by atoms with van der Waals surface area (Å²) in [6.45, 7) is 2.10. The molecule has 102 valence electrons. The first-order valence-electron chi connectivity index (χ1n) is 6.52. The van der Waals surface area contributed by atoms with E-state index in [-0.39, 0.29) is 6.04 Å². The van der Waals surface area contributed by atoms with Crippen molar-refractivity contribution in [1.29, 1.82) is 0 Å². The van der Waals surface area contributed by atoms with E-state index in [1.54, 1.807) is 11.8 Å². The molecule has 3 rings (SSSR count). The number of oxazole rings is 1. The number of fused-ring (bicyclic) bond motifs is 1. The van der Waals surface area contributed by atoms with Gasteiger partial charge in [0.2, 0.25) is 0 Å². The predicted molar refractivity (Wildman–Crippen MR) is 84.3 cm³/mol. The van der Waals surface area contributed by atoms with Crippen LogP contribution in [0.4, 0.5) is 6.01 Å². The summed E-state index contributed by atoms with van der Waals surface area (Å²) < 4.78 is 5.68. The third-order valence-electron chi connectivity index (χ3n) is 3.25. The number of hydrogen-bond acceptors (Lipinski definition) is 4. The molecule has 0 spiro atoms. The lowest BCUT2D eigenvalue weighted by Crippen LogP contribution is -2.06. The van der Waals surface area contributed by atoms with Gasteiger partial charge in [0.15, 0.2) is 5.58 Å². The Morgan fingerprint density at radius 2 is 1.85 bits per heavy atom. The Kier molecular flexibility index (Phi) is 3.65. The Morgan fingerprint density at radius 1 is 1.10 bits per heavy atom. The van der Waals surface area contributed by atoms with Gasteiger partial charge in [-0.3, -0.25) is 0 Å². The van der Waals surface area contributed by atoms with Crippen LogP contribution in [0, 0.1) is 0 Å². The third-order valence-corrected chi connectivity index (χ3v) is 3.99. The summed E-state index contributed by atoms with van der Waals surface area (Å²) in [5.74, 6) is 0. The summed E-state index contributed by atoms with van der Waals surface area (Å²) in [6, 6.07) is 17.0. The van der Waals surface area contributed by atoms with Crippen molar-refractivity contribution in [3.63, 3.8) is 0 Å². The maximum absolute atomic E-state index is 5.68. The molecule has 2 aromatic carbocycles. The van der Waals surface area contributed by atoms with E-state index in [1.807, 2.05) is 24.3 Å². The summed E-state index contributed by atoms with van der Waals surface area (Å²) in [5.41, 5.74) is 2.89. The van der Waals surface area contributed by atoms with E-state index >= 15 is 0 Å². The Balaban J connectivity index is 1.78. The van der Waals surface area contributed by atoms with E-state index in [4.69, 9.17) is 4.42 Å². The largest absolute Gasteiger partial charge is 0.424 e. The normalized spacial score (nSPS) is 12.5. The van der Waals surface area contributed by atoms with Crippen molar-refractivity contribution in [2.24, 2.45) is 0 Å². The zero-order valence-corrected chi connectivity index (χ0v) is 12.3. The molecule has 0 saturated carbocycles. The lowest BCUT2D eigenvalue weighted by Gasteiger charge is -2.12. The van der Waals surface area contributed by atoms with Crippen molar-refractivity contribution in [2.45, 2.75) is 17.9 Å². The van der Waals surface area contributed by atoms with E-state index in [0.717, 1.165) is 11.1 Å². The van der Waals surface area contributed by atoms with Crippen molar-refractivity contribution < 1.29 is 4.42 Å². The molecule has 1 N–H and O–H groups in total. The molecule has 0 aliphatic heterocycles. The van der Waals surface area contributed by atoms with Crippen LogP contribution in [0.1, 0.15) is 18.5 Å². The van der Waals surface area contributed by atoms with Crippen molar-refractivity contribution in [3.8, 4) is 0 Å². The van der Waals surface area contributed by atoms with Gasteiger partial charge in [-0.25, -0.2) is 0 Å². The molecule has 0 radical (unpaired) electrons. The highest BCUT2D eigenvalue weighted by molar-refractivity contribution is 7.98. The van der Waals surface area contributed by atoms with Gasteiger partial charge in [-0.15, -0.1) is 11.8 Å². The van der Waals surface area contributed by atoms with E-state index in [1.165, 1.54) is 10.5 Å². The van der Waals surface area contributed by atoms with Crippen LogP contribution < -0.4 is 5.32 Å². The first-order chi connectivity index (χ1) is 9.76. The third kappa shape index (κ3) is 2.65. The summed E-state index contributed by atoms with van der Waals surface area (Å²) >= 11 is 1.74. The fourth-order valence-corrected chi connectivity index (χ4v) is 2.50. The van der Waals surface area contributed by atoms with Gasteiger partial charge in [0.05, 0.1) is 6.04 Å². The quantitative estimate of drug-likeness (QED) is 0.703. The molecule has 1 atom stereocenters. The number of thioether (sulfide) groups is 1. The molecule has 1 unspecified atom stereocenters. The van der Waals surface area contributed by atoms with Gasteiger partial charge in [-0.1, -0.05) is 24.3 Å². The second kappa shape index (κ2) is 5.59. The molecule has 0 aliphatic rings. The van der Waals surface area contributed by atoms with E-state index in [9.17, 15) is 0 Å². The first-order valence-corrected chi connectivity index (χ1v) is 7.75. The average molecular weight is 284 g/mol. The molecule has 0 fully saturated rings. The zero-order valence-electron chi connectivity index (χ0n) is 11.5. The van der Waals surface area contributed by atoms with Gasteiger partial charge in [0.25, 0.3) is 6.01 Å². The molecular weight excluding hydrogens is 268 g/mol. The SMILES string of the molecule is CSc1ccc(C(C)Nc2nc3ccccc3o2)cc1. The molecular formula is C16H16N2OS. The smallest absolute Gasteiger partial charge is 0.296 e. The second-order valence-electron chi connectivity index (χ2n) is 4.63. The number of anilines is 1. The van der Waals surface area contributed by atoms with Crippen LogP contribution in [-0.2, 0) is 0 Å². The first kappa shape index (κ1) is 13.1. The van der Waals surface area contributed by atoms with E-state index < -0.39 is 0 Å². The fraction of sp³-hybridized carbons (Fsp3) is 0.188. The summed E-state index contributed by atoms with van der Waals surface area (Å²) in [4.78, 5) is 5.70. The van der Waals surface area contributed by atoms with Crippen LogP contribution in [0.25, 0.3) is 11.1 Å². The van der Waals surface area contributed by atoms with Crippen molar-refractivity contribution >= 4 is 28.9 Å². The Labute approximate surface area is 122 Å². The van der Waals surface area contributed by atoms with Gasteiger partial charge in [0, 0.05) is 4.90 Å². The molecule has 20 heavy (non-hydrogen) atoms. The van der Waals surface area contributed by atoms with Crippen molar-refractivity contribution in [2.75, 3.05) is 11.6 Å². The van der Waals surface area contributed by atoms with Crippen molar-refractivity contribution in [1.82, 2.24) is 4.98 Å². The standard InChI is InChI=1S/C16H16N2OS/c1-11(12-7-9-13(20-2)10-8-12)17-16-18-14-5-3-4-6-15(14)19-16/h3-11H,1-2H3,(H,17,18). The number of para-hydroxylation sites is 2. The lowest BCUT2D eigenvalue weighted by atomic mass is 10.1. The Morgan fingerprint density at radius 3 is 2.55 bits per heavy atom. The van der Waals surface area contributed by atoms with E-state index in [2.05, 4.69) is 47.7 Å². The number of benzene rings is 2. The topological polar surface area (TPSA) is 38.1 Å². The van der Waals surface area contributed by atoms with Crippen LogP contribution in [0.15, 0.2) is 57.8 Å². The molecule has 0 saturated heterocycles. The molecule has 4 heteroatoms. The minimum Gasteiger partial charge on any atom is -0.424 e. The molecule has 0 aliphatic carbocycles.